The predicted molar refractivity (Wildman–Crippen MR) is 99.4 cm³/mol. The maximum Gasteiger partial charge on any atom is 0.268 e. The Bertz CT molecular complexity index is 1010. The molecule has 1 aromatic heterocycles. The van der Waals surface area contributed by atoms with Crippen LogP contribution in [0.5, 0.6) is 5.75 Å². The summed E-state index contributed by atoms with van der Waals surface area (Å²) >= 11 is 3.29. The Hall–Kier alpha value is -2.91. The van der Waals surface area contributed by atoms with E-state index in [0.29, 0.717) is 22.3 Å². The summed E-state index contributed by atoms with van der Waals surface area (Å²) in [4.78, 5) is 12.5. The van der Waals surface area contributed by atoms with Crippen LogP contribution >= 0.6 is 15.9 Å². The molecular formula is C20H14BrFN2O2. The van der Waals surface area contributed by atoms with Crippen LogP contribution in [0, 0.1) is 17.1 Å². The van der Waals surface area contributed by atoms with Gasteiger partial charge < -0.3 is 9.30 Å². The lowest BCUT2D eigenvalue weighted by Gasteiger charge is -2.11. The zero-order valence-electron chi connectivity index (χ0n) is 13.7. The van der Waals surface area contributed by atoms with Crippen molar-refractivity contribution in [1.82, 2.24) is 4.57 Å². The number of halogens is 2. The molecule has 3 rings (SSSR count). The van der Waals surface area contributed by atoms with Crippen molar-refractivity contribution in [1.29, 1.82) is 5.26 Å². The average Bonchev–Trinajstić information content (AvgIpc) is 2.67. The Balaban J connectivity index is 1.74. The molecule has 0 saturated heterocycles. The summed E-state index contributed by atoms with van der Waals surface area (Å²) in [7, 11) is 0. The van der Waals surface area contributed by atoms with Gasteiger partial charge in [-0.2, -0.15) is 5.26 Å². The van der Waals surface area contributed by atoms with Gasteiger partial charge in [0.15, 0.2) is 0 Å². The minimum absolute atomic E-state index is 0.217. The van der Waals surface area contributed by atoms with Crippen LogP contribution in [-0.4, -0.2) is 4.57 Å². The molecule has 0 bridgehead atoms. The molecule has 0 unspecified atom stereocenters. The third-order valence-electron chi connectivity index (χ3n) is 3.81. The van der Waals surface area contributed by atoms with Crippen LogP contribution in [0.3, 0.4) is 0 Å². The quantitative estimate of drug-likeness (QED) is 0.629. The summed E-state index contributed by atoms with van der Waals surface area (Å²) < 4.78 is 20.5. The number of ether oxygens (including phenoxy) is 1. The zero-order valence-corrected chi connectivity index (χ0v) is 15.2. The first-order chi connectivity index (χ1) is 12.6. The van der Waals surface area contributed by atoms with Gasteiger partial charge in [0, 0.05) is 6.20 Å². The summed E-state index contributed by atoms with van der Waals surface area (Å²) in [6.07, 6.45) is 1.66. The number of benzene rings is 2. The summed E-state index contributed by atoms with van der Waals surface area (Å²) in [5.74, 6) is 0.121. The van der Waals surface area contributed by atoms with Gasteiger partial charge in [-0.3, -0.25) is 4.79 Å². The first-order valence-electron chi connectivity index (χ1n) is 7.82. The van der Waals surface area contributed by atoms with Crippen molar-refractivity contribution < 1.29 is 9.13 Å². The fraction of sp³-hybridized carbons (Fsp3) is 0.100. The molecule has 0 atom stereocenters. The third-order valence-corrected chi connectivity index (χ3v) is 4.54. The summed E-state index contributed by atoms with van der Waals surface area (Å²) in [5.41, 5.74) is 2.08. The van der Waals surface area contributed by atoms with Crippen LogP contribution in [0.4, 0.5) is 4.39 Å². The van der Waals surface area contributed by atoms with Crippen LogP contribution < -0.4 is 10.3 Å². The Morgan fingerprint density at radius 3 is 2.35 bits per heavy atom. The van der Waals surface area contributed by atoms with Gasteiger partial charge in [0.1, 0.15) is 22.6 Å². The van der Waals surface area contributed by atoms with E-state index in [2.05, 4.69) is 22.0 Å². The largest absolute Gasteiger partial charge is 0.487 e. The predicted octanol–water partition coefficient (Wildman–Crippen LogP) is 4.25. The number of nitrogens with zero attached hydrogens (tertiary/aromatic N) is 2. The second-order valence-corrected chi connectivity index (χ2v) is 6.44. The van der Waals surface area contributed by atoms with Crippen LogP contribution in [0.2, 0.25) is 0 Å². The van der Waals surface area contributed by atoms with Gasteiger partial charge in [0.25, 0.3) is 5.56 Å². The Morgan fingerprint density at radius 2 is 1.69 bits per heavy atom. The standard InChI is InChI=1S/C20H14BrFN2O2/c21-19-18(26-13-16-5-7-17(22)8-6-16)9-10-24(20(19)25)12-15-3-1-14(11-23)2-4-15/h1-10H,12-13H2. The van der Waals surface area contributed by atoms with Crippen LogP contribution in [0.25, 0.3) is 0 Å². The van der Waals surface area contributed by atoms with E-state index >= 15 is 0 Å². The molecule has 130 valence electrons. The SMILES string of the molecule is N#Cc1ccc(Cn2ccc(OCc3ccc(F)cc3)c(Br)c2=O)cc1. The van der Waals surface area contributed by atoms with Gasteiger partial charge in [-0.25, -0.2) is 4.39 Å². The van der Waals surface area contributed by atoms with Crippen molar-refractivity contribution in [2.75, 3.05) is 0 Å². The molecule has 0 fully saturated rings. The molecule has 4 nitrogen and oxygen atoms in total. The topological polar surface area (TPSA) is 55.0 Å². The molecule has 0 N–H and O–H groups in total. The third kappa shape index (κ3) is 4.19. The summed E-state index contributed by atoms with van der Waals surface area (Å²) in [6.45, 7) is 0.624. The summed E-state index contributed by atoms with van der Waals surface area (Å²) in [5, 5.41) is 8.83. The first kappa shape index (κ1) is 17.9. The van der Waals surface area contributed by atoms with Crippen molar-refractivity contribution in [3.05, 3.63) is 98.1 Å². The second kappa shape index (κ2) is 7.98. The molecule has 0 spiro atoms. The molecule has 0 saturated carbocycles. The number of pyridine rings is 1. The Labute approximate surface area is 158 Å². The number of hydrogen-bond donors (Lipinski definition) is 0. The Kier molecular flexibility index (Phi) is 5.49. The lowest BCUT2D eigenvalue weighted by Crippen LogP contribution is -2.21. The highest BCUT2D eigenvalue weighted by molar-refractivity contribution is 9.10. The van der Waals surface area contributed by atoms with E-state index in [1.807, 2.05) is 12.1 Å². The minimum atomic E-state index is -0.305. The maximum atomic E-state index is 12.9. The molecule has 6 heteroatoms. The van der Waals surface area contributed by atoms with E-state index in [1.54, 1.807) is 41.1 Å². The highest BCUT2D eigenvalue weighted by atomic mass is 79.9. The van der Waals surface area contributed by atoms with Gasteiger partial charge in [0.2, 0.25) is 0 Å². The van der Waals surface area contributed by atoms with Gasteiger partial charge in [-0.15, -0.1) is 0 Å². The molecule has 0 aliphatic carbocycles. The minimum Gasteiger partial charge on any atom is -0.487 e. The van der Waals surface area contributed by atoms with E-state index in [4.69, 9.17) is 10.00 Å². The van der Waals surface area contributed by atoms with E-state index in [1.165, 1.54) is 12.1 Å². The molecule has 26 heavy (non-hydrogen) atoms. The van der Waals surface area contributed by atoms with Crippen molar-refractivity contribution in [3.63, 3.8) is 0 Å². The fourth-order valence-corrected chi connectivity index (χ4v) is 2.86. The molecule has 1 heterocycles. The highest BCUT2D eigenvalue weighted by Gasteiger charge is 2.09. The number of aromatic nitrogens is 1. The maximum absolute atomic E-state index is 12.9. The summed E-state index contributed by atoms with van der Waals surface area (Å²) in [6, 6.07) is 16.8. The molecule has 0 amide bonds. The molecule has 2 aromatic carbocycles. The van der Waals surface area contributed by atoms with Crippen molar-refractivity contribution in [3.8, 4) is 11.8 Å². The van der Waals surface area contributed by atoms with E-state index in [0.717, 1.165) is 11.1 Å². The molecule has 0 aliphatic rings. The van der Waals surface area contributed by atoms with E-state index in [9.17, 15) is 9.18 Å². The normalized spacial score (nSPS) is 10.3. The lowest BCUT2D eigenvalue weighted by atomic mass is 10.1. The fourth-order valence-electron chi connectivity index (χ4n) is 2.39. The number of hydrogen-bond acceptors (Lipinski definition) is 3. The molecule has 3 aromatic rings. The van der Waals surface area contributed by atoms with Gasteiger partial charge in [0.05, 0.1) is 18.2 Å². The second-order valence-electron chi connectivity index (χ2n) is 5.65. The van der Waals surface area contributed by atoms with E-state index in [-0.39, 0.29) is 18.0 Å². The van der Waals surface area contributed by atoms with Gasteiger partial charge in [-0.1, -0.05) is 24.3 Å². The van der Waals surface area contributed by atoms with Crippen molar-refractivity contribution in [2.45, 2.75) is 13.2 Å². The lowest BCUT2D eigenvalue weighted by molar-refractivity contribution is 0.302. The van der Waals surface area contributed by atoms with Crippen LogP contribution in [-0.2, 0) is 13.2 Å². The van der Waals surface area contributed by atoms with Crippen molar-refractivity contribution in [2.24, 2.45) is 0 Å². The average molecular weight is 413 g/mol. The highest BCUT2D eigenvalue weighted by Crippen LogP contribution is 2.22. The molecule has 0 aliphatic heterocycles. The first-order valence-corrected chi connectivity index (χ1v) is 8.61. The van der Waals surface area contributed by atoms with Gasteiger partial charge in [-0.05, 0) is 57.4 Å². The van der Waals surface area contributed by atoms with E-state index < -0.39 is 0 Å². The molecular weight excluding hydrogens is 399 g/mol. The monoisotopic (exact) mass is 412 g/mol. The van der Waals surface area contributed by atoms with Gasteiger partial charge >= 0.3 is 0 Å². The number of nitriles is 1. The Morgan fingerprint density at radius 1 is 1.04 bits per heavy atom. The molecule has 0 radical (unpaired) electrons. The van der Waals surface area contributed by atoms with Crippen LogP contribution in [0.15, 0.2) is 70.1 Å². The zero-order chi connectivity index (χ0) is 18.5. The van der Waals surface area contributed by atoms with Crippen molar-refractivity contribution >= 4 is 15.9 Å². The smallest absolute Gasteiger partial charge is 0.268 e. The van der Waals surface area contributed by atoms with Crippen LogP contribution in [0.1, 0.15) is 16.7 Å². The number of rotatable bonds is 5.